The number of rotatable bonds is 3. The molecule has 2 rings (SSSR count). The lowest BCUT2D eigenvalue weighted by atomic mass is 10.2. The van der Waals surface area contributed by atoms with Gasteiger partial charge in [0.25, 0.3) is 0 Å². The highest BCUT2D eigenvalue weighted by atomic mass is 35.5. The highest BCUT2D eigenvalue weighted by molar-refractivity contribution is 6.32. The lowest BCUT2D eigenvalue weighted by Gasteiger charge is -2.09. The van der Waals surface area contributed by atoms with Gasteiger partial charge in [-0.05, 0) is 23.8 Å². The van der Waals surface area contributed by atoms with E-state index in [-0.39, 0.29) is 18.2 Å². The molecule has 0 amide bonds. The van der Waals surface area contributed by atoms with Gasteiger partial charge < -0.3 is 10.5 Å². The van der Waals surface area contributed by atoms with Crippen LogP contribution in [0.1, 0.15) is 5.56 Å². The van der Waals surface area contributed by atoms with E-state index in [0.717, 1.165) is 0 Å². The monoisotopic (exact) mass is 252 g/mol. The first-order valence-corrected chi connectivity index (χ1v) is 5.36. The van der Waals surface area contributed by atoms with Crippen LogP contribution in [-0.2, 0) is 6.54 Å². The second-order valence-corrected chi connectivity index (χ2v) is 3.70. The Bertz CT molecular complexity index is 534. The molecule has 5 heteroatoms. The number of nitrogens with zero attached hydrogens (tertiary/aromatic N) is 1. The summed E-state index contributed by atoms with van der Waals surface area (Å²) in [6.45, 7) is 0.273. The molecule has 0 spiro atoms. The highest BCUT2D eigenvalue weighted by Gasteiger charge is 2.10. The molecule has 0 unspecified atom stereocenters. The number of aromatic nitrogens is 1. The number of benzene rings is 1. The molecule has 0 aliphatic carbocycles. The molecule has 1 heterocycles. The summed E-state index contributed by atoms with van der Waals surface area (Å²) < 4.78 is 18.7. The lowest BCUT2D eigenvalue weighted by Crippen LogP contribution is -2.00. The van der Waals surface area contributed by atoms with Crippen LogP contribution >= 0.6 is 11.6 Å². The number of hydrogen-bond donors (Lipinski definition) is 1. The van der Waals surface area contributed by atoms with Crippen LogP contribution in [0.2, 0.25) is 5.02 Å². The summed E-state index contributed by atoms with van der Waals surface area (Å²) in [6.07, 6.45) is 1.52. The minimum Gasteiger partial charge on any atom is -0.434 e. The van der Waals surface area contributed by atoms with Gasteiger partial charge in [0, 0.05) is 12.7 Å². The van der Waals surface area contributed by atoms with Crippen molar-refractivity contribution in [3.63, 3.8) is 0 Å². The summed E-state index contributed by atoms with van der Waals surface area (Å²) in [6, 6.07) is 7.74. The third-order valence-electron chi connectivity index (χ3n) is 2.20. The van der Waals surface area contributed by atoms with Crippen LogP contribution in [0.4, 0.5) is 4.39 Å². The number of pyridine rings is 1. The summed E-state index contributed by atoms with van der Waals surface area (Å²) >= 11 is 6.02. The standard InChI is InChI=1S/C12H10ClFN2O/c13-11-8(7-15)5-6-16-12(11)17-10-4-2-1-3-9(10)14/h1-6H,7,15H2. The fraction of sp³-hybridized carbons (Fsp3) is 0.0833. The Morgan fingerprint density at radius 2 is 2.06 bits per heavy atom. The Hall–Kier alpha value is -1.65. The molecule has 0 saturated heterocycles. The van der Waals surface area contributed by atoms with Crippen LogP contribution in [0, 0.1) is 5.82 Å². The number of hydrogen-bond acceptors (Lipinski definition) is 3. The zero-order valence-corrected chi connectivity index (χ0v) is 9.62. The van der Waals surface area contributed by atoms with E-state index in [1.165, 1.54) is 18.3 Å². The fourth-order valence-electron chi connectivity index (χ4n) is 1.32. The second-order valence-electron chi connectivity index (χ2n) is 3.33. The Balaban J connectivity index is 2.34. The minimum atomic E-state index is -0.469. The maximum Gasteiger partial charge on any atom is 0.238 e. The summed E-state index contributed by atoms with van der Waals surface area (Å²) in [5.74, 6) is -0.237. The van der Waals surface area contributed by atoms with Crippen LogP contribution in [-0.4, -0.2) is 4.98 Å². The average Bonchev–Trinajstić information content (AvgIpc) is 2.34. The molecule has 0 radical (unpaired) electrons. The lowest BCUT2D eigenvalue weighted by molar-refractivity contribution is 0.427. The average molecular weight is 253 g/mol. The van der Waals surface area contributed by atoms with Gasteiger partial charge >= 0.3 is 0 Å². The molecule has 2 N–H and O–H groups in total. The Morgan fingerprint density at radius 3 is 2.76 bits per heavy atom. The Kier molecular flexibility index (Phi) is 3.56. The van der Waals surface area contributed by atoms with E-state index in [9.17, 15) is 4.39 Å². The van der Waals surface area contributed by atoms with E-state index in [0.29, 0.717) is 10.6 Å². The second kappa shape index (κ2) is 5.12. The molecule has 0 atom stereocenters. The highest BCUT2D eigenvalue weighted by Crippen LogP contribution is 2.30. The van der Waals surface area contributed by atoms with Gasteiger partial charge in [-0.2, -0.15) is 0 Å². The van der Waals surface area contributed by atoms with E-state index >= 15 is 0 Å². The first-order valence-electron chi connectivity index (χ1n) is 4.98. The normalized spacial score (nSPS) is 10.3. The van der Waals surface area contributed by atoms with Crippen LogP contribution in [0.3, 0.4) is 0 Å². The smallest absolute Gasteiger partial charge is 0.238 e. The third kappa shape index (κ3) is 2.54. The molecule has 88 valence electrons. The number of nitrogens with two attached hydrogens (primary N) is 1. The molecule has 0 aliphatic heterocycles. The molecular weight excluding hydrogens is 243 g/mol. The number of halogens is 2. The van der Waals surface area contributed by atoms with E-state index in [4.69, 9.17) is 22.1 Å². The van der Waals surface area contributed by atoms with Crippen molar-refractivity contribution in [2.24, 2.45) is 5.73 Å². The maximum absolute atomic E-state index is 13.4. The van der Waals surface area contributed by atoms with E-state index in [1.54, 1.807) is 18.2 Å². The largest absolute Gasteiger partial charge is 0.434 e. The fourth-order valence-corrected chi connectivity index (χ4v) is 1.55. The molecule has 0 aliphatic rings. The summed E-state index contributed by atoms with van der Waals surface area (Å²) in [5, 5.41) is 0.304. The predicted octanol–water partition coefficient (Wildman–Crippen LogP) is 3.13. The van der Waals surface area contributed by atoms with Crippen molar-refractivity contribution in [2.75, 3.05) is 0 Å². The minimum absolute atomic E-state index is 0.0797. The molecule has 0 fully saturated rings. The zero-order valence-electron chi connectivity index (χ0n) is 8.86. The predicted molar refractivity (Wildman–Crippen MR) is 63.6 cm³/mol. The zero-order chi connectivity index (χ0) is 12.3. The van der Waals surface area contributed by atoms with Crippen molar-refractivity contribution in [3.8, 4) is 11.6 Å². The van der Waals surface area contributed by atoms with Crippen LogP contribution in [0.5, 0.6) is 11.6 Å². The third-order valence-corrected chi connectivity index (χ3v) is 2.60. The SMILES string of the molecule is NCc1ccnc(Oc2ccccc2F)c1Cl. The first-order chi connectivity index (χ1) is 8.22. The van der Waals surface area contributed by atoms with Gasteiger partial charge in [0.05, 0.1) is 0 Å². The maximum atomic E-state index is 13.4. The van der Waals surface area contributed by atoms with Crippen LogP contribution < -0.4 is 10.5 Å². The number of ether oxygens (including phenoxy) is 1. The van der Waals surface area contributed by atoms with E-state index in [2.05, 4.69) is 4.98 Å². The van der Waals surface area contributed by atoms with Crippen LogP contribution in [0.25, 0.3) is 0 Å². The van der Waals surface area contributed by atoms with Crippen molar-refractivity contribution in [2.45, 2.75) is 6.54 Å². The molecule has 1 aromatic carbocycles. The van der Waals surface area contributed by atoms with Gasteiger partial charge in [-0.1, -0.05) is 23.7 Å². The summed E-state index contributed by atoms with van der Waals surface area (Å²) in [4.78, 5) is 3.95. The van der Waals surface area contributed by atoms with Crippen LogP contribution in [0.15, 0.2) is 36.5 Å². The molecule has 1 aromatic heterocycles. The van der Waals surface area contributed by atoms with Crippen molar-refractivity contribution in [1.82, 2.24) is 4.98 Å². The quantitative estimate of drug-likeness (QED) is 0.913. The molecule has 2 aromatic rings. The van der Waals surface area contributed by atoms with Crippen molar-refractivity contribution in [1.29, 1.82) is 0 Å². The van der Waals surface area contributed by atoms with Gasteiger partial charge in [0.15, 0.2) is 11.6 Å². The topological polar surface area (TPSA) is 48.1 Å². The van der Waals surface area contributed by atoms with Gasteiger partial charge in [-0.25, -0.2) is 9.37 Å². The number of para-hydroxylation sites is 1. The molecular formula is C12H10ClFN2O. The Morgan fingerprint density at radius 1 is 1.29 bits per heavy atom. The molecule has 0 saturated carbocycles. The van der Waals surface area contributed by atoms with Gasteiger partial charge in [-0.3, -0.25) is 0 Å². The van der Waals surface area contributed by atoms with E-state index < -0.39 is 5.82 Å². The first kappa shape index (κ1) is 11.8. The summed E-state index contributed by atoms with van der Waals surface area (Å²) in [5.41, 5.74) is 6.20. The summed E-state index contributed by atoms with van der Waals surface area (Å²) in [7, 11) is 0. The van der Waals surface area contributed by atoms with Gasteiger partial charge in [0.1, 0.15) is 5.02 Å². The molecule has 0 bridgehead atoms. The van der Waals surface area contributed by atoms with E-state index in [1.807, 2.05) is 0 Å². The Labute approximate surface area is 103 Å². The van der Waals surface area contributed by atoms with Crippen molar-refractivity contribution in [3.05, 3.63) is 52.9 Å². The van der Waals surface area contributed by atoms with Gasteiger partial charge in [-0.15, -0.1) is 0 Å². The van der Waals surface area contributed by atoms with Gasteiger partial charge in [0.2, 0.25) is 5.88 Å². The molecule has 3 nitrogen and oxygen atoms in total. The van der Waals surface area contributed by atoms with Crippen molar-refractivity contribution < 1.29 is 9.13 Å². The molecule has 17 heavy (non-hydrogen) atoms. The van der Waals surface area contributed by atoms with Crippen molar-refractivity contribution >= 4 is 11.6 Å².